The van der Waals surface area contributed by atoms with E-state index >= 15 is 0 Å². The second-order valence-corrected chi connectivity index (χ2v) is 7.07. The second-order valence-electron chi connectivity index (χ2n) is 7.07. The van der Waals surface area contributed by atoms with E-state index in [-0.39, 0.29) is 18.4 Å². The molecular formula is C23H24N6O2. The van der Waals surface area contributed by atoms with Crippen molar-refractivity contribution in [2.45, 2.75) is 19.8 Å². The zero-order valence-electron chi connectivity index (χ0n) is 17.3. The average Bonchev–Trinajstić information content (AvgIpc) is 3.11. The predicted molar refractivity (Wildman–Crippen MR) is 118 cm³/mol. The molecule has 0 unspecified atom stereocenters. The van der Waals surface area contributed by atoms with Crippen molar-refractivity contribution in [1.82, 2.24) is 20.4 Å². The van der Waals surface area contributed by atoms with Gasteiger partial charge >= 0.3 is 0 Å². The van der Waals surface area contributed by atoms with Gasteiger partial charge in [-0.3, -0.25) is 9.59 Å². The highest BCUT2D eigenvalue weighted by Gasteiger charge is 2.16. The molecule has 0 saturated heterocycles. The van der Waals surface area contributed by atoms with Gasteiger partial charge in [-0.15, -0.1) is 0 Å². The molecule has 1 aromatic heterocycles. The quantitative estimate of drug-likeness (QED) is 0.485. The van der Waals surface area contributed by atoms with E-state index in [1.807, 2.05) is 49.4 Å². The first-order valence-corrected chi connectivity index (χ1v) is 9.94. The van der Waals surface area contributed by atoms with Gasteiger partial charge in [0.25, 0.3) is 5.91 Å². The summed E-state index contributed by atoms with van der Waals surface area (Å²) in [6.07, 6.45) is 1.07. The number of hydrogen-bond acceptors (Lipinski definition) is 5. The molecule has 1 heterocycles. The SMILES string of the molecule is Cc1ccc(C(=O)NCC(=O)NCCCc2nn(-c3ccccc3)c(N)c2C#N)cc1. The van der Waals surface area contributed by atoms with E-state index in [1.54, 1.807) is 16.8 Å². The van der Waals surface area contributed by atoms with Gasteiger partial charge in [-0.2, -0.15) is 10.4 Å². The summed E-state index contributed by atoms with van der Waals surface area (Å²) in [6, 6.07) is 18.6. The van der Waals surface area contributed by atoms with Crippen LogP contribution in [-0.4, -0.2) is 34.7 Å². The summed E-state index contributed by atoms with van der Waals surface area (Å²) < 4.78 is 1.55. The summed E-state index contributed by atoms with van der Waals surface area (Å²) in [4.78, 5) is 24.0. The van der Waals surface area contributed by atoms with Gasteiger partial charge in [0.2, 0.25) is 5.91 Å². The number of para-hydroxylation sites is 1. The molecule has 0 atom stereocenters. The Balaban J connectivity index is 1.47. The van der Waals surface area contributed by atoms with Crippen LogP contribution in [0.2, 0.25) is 0 Å². The summed E-state index contributed by atoms with van der Waals surface area (Å²) in [6.45, 7) is 2.23. The van der Waals surface area contributed by atoms with Gasteiger partial charge in [-0.1, -0.05) is 35.9 Å². The number of nitrogen functional groups attached to an aromatic ring is 1. The molecular weight excluding hydrogens is 392 g/mol. The third kappa shape index (κ3) is 5.48. The molecule has 0 fully saturated rings. The molecule has 8 nitrogen and oxygen atoms in total. The number of benzene rings is 2. The molecule has 0 spiro atoms. The maximum absolute atomic E-state index is 12.1. The highest BCUT2D eigenvalue weighted by atomic mass is 16.2. The van der Waals surface area contributed by atoms with Crippen LogP contribution in [0.25, 0.3) is 5.69 Å². The van der Waals surface area contributed by atoms with Gasteiger partial charge in [0.1, 0.15) is 17.5 Å². The predicted octanol–water partition coefficient (Wildman–Crippen LogP) is 2.11. The van der Waals surface area contributed by atoms with Crippen molar-refractivity contribution in [3.8, 4) is 11.8 Å². The first kappa shape index (κ1) is 21.6. The molecule has 0 aliphatic heterocycles. The molecule has 2 aromatic carbocycles. The number of amides is 2. The van der Waals surface area contributed by atoms with Gasteiger partial charge in [-0.25, -0.2) is 4.68 Å². The van der Waals surface area contributed by atoms with E-state index in [2.05, 4.69) is 21.8 Å². The van der Waals surface area contributed by atoms with E-state index in [0.717, 1.165) is 11.3 Å². The van der Waals surface area contributed by atoms with Gasteiger partial charge < -0.3 is 16.4 Å². The van der Waals surface area contributed by atoms with Crippen molar-refractivity contribution in [3.63, 3.8) is 0 Å². The number of nitrogens with zero attached hydrogens (tertiary/aromatic N) is 3. The summed E-state index contributed by atoms with van der Waals surface area (Å²) in [7, 11) is 0. The highest BCUT2D eigenvalue weighted by Crippen LogP contribution is 2.21. The Labute approximate surface area is 180 Å². The number of hydrogen-bond donors (Lipinski definition) is 3. The number of aromatic nitrogens is 2. The van der Waals surface area contributed by atoms with Crippen LogP contribution in [0, 0.1) is 18.3 Å². The molecule has 3 aromatic rings. The largest absolute Gasteiger partial charge is 0.382 e. The monoisotopic (exact) mass is 416 g/mol. The van der Waals surface area contributed by atoms with Crippen LogP contribution in [0.15, 0.2) is 54.6 Å². The number of carbonyl (C=O) groups excluding carboxylic acids is 2. The molecule has 0 bridgehead atoms. The summed E-state index contributed by atoms with van der Waals surface area (Å²) in [5.41, 5.74) is 9.37. The molecule has 0 saturated carbocycles. The summed E-state index contributed by atoms with van der Waals surface area (Å²) in [5, 5.41) is 19.3. The Morgan fingerprint density at radius 2 is 1.81 bits per heavy atom. The fourth-order valence-corrected chi connectivity index (χ4v) is 3.05. The highest BCUT2D eigenvalue weighted by molar-refractivity contribution is 5.96. The van der Waals surface area contributed by atoms with E-state index in [9.17, 15) is 14.9 Å². The first-order chi connectivity index (χ1) is 15.0. The molecule has 31 heavy (non-hydrogen) atoms. The fraction of sp³-hybridized carbons (Fsp3) is 0.217. The third-order valence-electron chi connectivity index (χ3n) is 4.74. The number of anilines is 1. The van der Waals surface area contributed by atoms with Crippen LogP contribution in [0.3, 0.4) is 0 Å². The normalized spacial score (nSPS) is 10.3. The maximum atomic E-state index is 12.1. The zero-order chi connectivity index (χ0) is 22.2. The Hall–Kier alpha value is -4.12. The smallest absolute Gasteiger partial charge is 0.251 e. The molecule has 3 rings (SSSR count). The maximum Gasteiger partial charge on any atom is 0.251 e. The third-order valence-corrected chi connectivity index (χ3v) is 4.74. The minimum Gasteiger partial charge on any atom is -0.382 e. The Bertz CT molecular complexity index is 1100. The van der Waals surface area contributed by atoms with Crippen molar-refractivity contribution < 1.29 is 9.59 Å². The molecule has 0 aliphatic carbocycles. The summed E-state index contributed by atoms with van der Waals surface area (Å²) >= 11 is 0. The van der Waals surface area contributed by atoms with Crippen LogP contribution in [0.5, 0.6) is 0 Å². The lowest BCUT2D eigenvalue weighted by Crippen LogP contribution is -2.37. The number of nitrogens with one attached hydrogen (secondary N) is 2. The van der Waals surface area contributed by atoms with Crippen LogP contribution >= 0.6 is 0 Å². The minimum atomic E-state index is -0.296. The Morgan fingerprint density at radius 1 is 1.10 bits per heavy atom. The lowest BCUT2D eigenvalue weighted by Gasteiger charge is -2.07. The molecule has 4 N–H and O–H groups in total. The molecule has 0 radical (unpaired) electrons. The van der Waals surface area contributed by atoms with E-state index in [1.165, 1.54) is 0 Å². The lowest BCUT2D eigenvalue weighted by atomic mass is 10.1. The van der Waals surface area contributed by atoms with Crippen LogP contribution in [-0.2, 0) is 11.2 Å². The standard InChI is InChI=1S/C23H24N6O2/c1-16-9-11-17(12-10-16)23(31)27-15-21(30)26-13-5-8-20-19(14-24)22(25)29(28-20)18-6-3-2-4-7-18/h2-4,6-7,9-12H,5,8,13,15,25H2,1H3,(H,26,30)(H,27,31). The van der Waals surface area contributed by atoms with Crippen molar-refractivity contribution >= 4 is 17.6 Å². The van der Waals surface area contributed by atoms with E-state index in [0.29, 0.717) is 42.0 Å². The van der Waals surface area contributed by atoms with Crippen LogP contribution < -0.4 is 16.4 Å². The average molecular weight is 416 g/mol. The van der Waals surface area contributed by atoms with E-state index < -0.39 is 0 Å². The van der Waals surface area contributed by atoms with Crippen LogP contribution in [0.4, 0.5) is 5.82 Å². The van der Waals surface area contributed by atoms with Gasteiger partial charge in [0.05, 0.1) is 17.9 Å². The van der Waals surface area contributed by atoms with E-state index in [4.69, 9.17) is 5.73 Å². The van der Waals surface area contributed by atoms with Crippen molar-refractivity contribution in [1.29, 1.82) is 5.26 Å². The van der Waals surface area contributed by atoms with Crippen molar-refractivity contribution in [2.24, 2.45) is 0 Å². The Morgan fingerprint density at radius 3 is 2.48 bits per heavy atom. The molecule has 8 heteroatoms. The number of aryl methyl sites for hydroxylation is 2. The minimum absolute atomic E-state index is 0.105. The molecule has 2 amide bonds. The van der Waals surface area contributed by atoms with Crippen molar-refractivity contribution in [2.75, 3.05) is 18.8 Å². The lowest BCUT2D eigenvalue weighted by molar-refractivity contribution is -0.120. The number of rotatable bonds is 8. The Kier molecular flexibility index (Phi) is 7.01. The summed E-state index contributed by atoms with van der Waals surface area (Å²) in [5.74, 6) is -0.280. The van der Waals surface area contributed by atoms with Crippen molar-refractivity contribution in [3.05, 3.63) is 77.0 Å². The molecule has 158 valence electrons. The first-order valence-electron chi connectivity index (χ1n) is 9.94. The molecule has 0 aliphatic rings. The topological polar surface area (TPSA) is 126 Å². The second kappa shape index (κ2) is 10.1. The zero-order valence-corrected chi connectivity index (χ0v) is 17.3. The van der Waals surface area contributed by atoms with Crippen LogP contribution in [0.1, 0.15) is 33.6 Å². The number of nitrogens with two attached hydrogens (primary N) is 1. The fourth-order valence-electron chi connectivity index (χ4n) is 3.05. The van der Waals surface area contributed by atoms with Gasteiger partial charge in [-0.05, 0) is 44.0 Å². The van der Waals surface area contributed by atoms with Gasteiger partial charge in [0.15, 0.2) is 0 Å². The number of carbonyl (C=O) groups is 2. The number of nitriles is 1. The van der Waals surface area contributed by atoms with Gasteiger partial charge in [0, 0.05) is 12.1 Å².